The van der Waals surface area contributed by atoms with Crippen LogP contribution in [0.1, 0.15) is 41.1 Å². The molecule has 0 radical (unpaired) electrons. The minimum absolute atomic E-state index is 0.0173. The van der Waals surface area contributed by atoms with Gasteiger partial charge in [-0.25, -0.2) is 4.79 Å². The van der Waals surface area contributed by atoms with Crippen molar-refractivity contribution < 1.29 is 33.2 Å². The highest BCUT2D eigenvalue weighted by Crippen LogP contribution is 2.20. The smallest absolute Gasteiger partial charge is 0.328 e. The Bertz CT molecular complexity index is 1430. The molecule has 2 heterocycles. The third kappa shape index (κ3) is 7.68. The second kappa shape index (κ2) is 13.6. The summed E-state index contributed by atoms with van der Waals surface area (Å²) in [6.07, 6.45) is 1.58. The number of amides is 4. The molecule has 12 heteroatoms. The van der Waals surface area contributed by atoms with Crippen molar-refractivity contribution in [2.75, 3.05) is 20.2 Å². The van der Waals surface area contributed by atoms with Gasteiger partial charge in [0.2, 0.25) is 17.7 Å². The van der Waals surface area contributed by atoms with Gasteiger partial charge in [0.1, 0.15) is 17.8 Å². The van der Waals surface area contributed by atoms with Gasteiger partial charge in [-0.1, -0.05) is 47.6 Å². The van der Waals surface area contributed by atoms with Gasteiger partial charge in [-0.3, -0.25) is 19.2 Å². The number of esters is 1. The van der Waals surface area contributed by atoms with Crippen molar-refractivity contribution in [1.29, 1.82) is 0 Å². The molecule has 216 valence electrons. The van der Waals surface area contributed by atoms with Gasteiger partial charge in [-0.15, -0.1) is 0 Å². The topological polar surface area (TPSA) is 169 Å². The van der Waals surface area contributed by atoms with Gasteiger partial charge in [0, 0.05) is 24.9 Å². The van der Waals surface area contributed by atoms with Gasteiger partial charge in [-0.05, 0) is 42.5 Å². The Morgan fingerprint density at radius 2 is 1.88 bits per heavy atom. The molecule has 4 rings (SSSR count). The van der Waals surface area contributed by atoms with E-state index < -0.39 is 48.2 Å². The first-order valence-electron chi connectivity index (χ1n) is 13.4. The zero-order valence-corrected chi connectivity index (χ0v) is 22.9. The highest BCUT2D eigenvalue weighted by molar-refractivity contribution is 5.97. The molecule has 1 aromatic heterocycles. The SMILES string of the molecule is COC(=O)C(C[C@@H]1CCCNC1=O)NC(=O)CNC(=O)[C@H](Cc1cccc2ccccc12)NC(=O)c1cc(C)on1. The summed E-state index contributed by atoms with van der Waals surface area (Å²) >= 11 is 0. The number of hydrogen-bond acceptors (Lipinski definition) is 8. The fourth-order valence-electron chi connectivity index (χ4n) is 4.84. The highest BCUT2D eigenvalue weighted by Gasteiger charge is 2.31. The van der Waals surface area contributed by atoms with Crippen molar-refractivity contribution in [2.24, 2.45) is 5.92 Å². The van der Waals surface area contributed by atoms with Gasteiger partial charge >= 0.3 is 5.97 Å². The van der Waals surface area contributed by atoms with E-state index >= 15 is 0 Å². The molecule has 0 bridgehead atoms. The normalized spacial score (nSPS) is 16.2. The van der Waals surface area contributed by atoms with E-state index in [1.54, 1.807) is 6.92 Å². The Morgan fingerprint density at radius 1 is 1.10 bits per heavy atom. The first kappa shape index (κ1) is 29.2. The second-order valence-corrected chi connectivity index (χ2v) is 9.92. The molecule has 4 N–H and O–H groups in total. The molecule has 1 fully saturated rings. The van der Waals surface area contributed by atoms with Crippen molar-refractivity contribution in [2.45, 2.75) is 44.7 Å². The lowest BCUT2D eigenvalue weighted by atomic mass is 9.91. The molecule has 3 atom stereocenters. The summed E-state index contributed by atoms with van der Waals surface area (Å²) in [5.41, 5.74) is 0.837. The number of ether oxygens (including phenoxy) is 1. The molecule has 12 nitrogen and oxygen atoms in total. The lowest BCUT2D eigenvalue weighted by molar-refractivity contribution is -0.146. The monoisotopic (exact) mass is 563 g/mol. The van der Waals surface area contributed by atoms with Crippen molar-refractivity contribution in [3.05, 3.63) is 65.5 Å². The van der Waals surface area contributed by atoms with Crippen LogP contribution in [0.3, 0.4) is 0 Å². The summed E-state index contributed by atoms with van der Waals surface area (Å²) in [7, 11) is 1.20. The van der Waals surface area contributed by atoms with Crippen molar-refractivity contribution in [3.63, 3.8) is 0 Å². The summed E-state index contributed by atoms with van der Waals surface area (Å²) in [6, 6.07) is 12.7. The fourth-order valence-corrected chi connectivity index (χ4v) is 4.84. The van der Waals surface area contributed by atoms with Gasteiger partial charge in [0.15, 0.2) is 5.69 Å². The van der Waals surface area contributed by atoms with E-state index in [9.17, 15) is 24.0 Å². The number of rotatable bonds is 11. The summed E-state index contributed by atoms with van der Waals surface area (Å²) in [5.74, 6) is -2.73. The van der Waals surface area contributed by atoms with Crippen molar-refractivity contribution in [1.82, 2.24) is 26.4 Å². The van der Waals surface area contributed by atoms with E-state index in [1.165, 1.54) is 13.2 Å². The Kier molecular flexibility index (Phi) is 9.67. The van der Waals surface area contributed by atoms with E-state index in [0.717, 1.165) is 22.8 Å². The Labute approximate surface area is 236 Å². The molecule has 41 heavy (non-hydrogen) atoms. The quantitative estimate of drug-likeness (QED) is 0.252. The lowest BCUT2D eigenvalue weighted by Gasteiger charge is -2.25. The molecule has 0 spiro atoms. The van der Waals surface area contributed by atoms with Crippen LogP contribution in [0.25, 0.3) is 10.8 Å². The molecule has 1 aliphatic heterocycles. The Hall–Kier alpha value is -4.74. The number of piperidine rings is 1. The number of carbonyl (C=O) groups is 5. The number of methoxy groups -OCH3 is 1. The van der Waals surface area contributed by atoms with Crippen LogP contribution in [-0.2, 0) is 30.3 Å². The first-order valence-corrected chi connectivity index (χ1v) is 13.4. The average Bonchev–Trinajstić information content (AvgIpc) is 3.42. The number of carbonyl (C=O) groups excluding carboxylic acids is 5. The molecule has 1 saturated heterocycles. The van der Waals surface area contributed by atoms with Crippen LogP contribution in [-0.4, -0.2) is 67.0 Å². The standard InChI is InChI=1S/C29H33N5O7/c1-17-13-23(34-41-17)28(38)33-22(14-19-9-5-8-18-7-3-4-11-21(18)19)27(37)31-16-25(35)32-24(29(39)40-2)15-20-10-6-12-30-26(20)36/h3-5,7-9,11,13,20,22,24H,6,10,12,14-16H2,1-2H3,(H,30,36)(H,31,37)(H,32,35)(H,33,38)/t20-,22-,24?/m0/s1. The number of hydrogen-bond donors (Lipinski definition) is 4. The predicted octanol–water partition coefficient (Wildman–Crippen LogP) is 1.17. The maximum atomic E-state index is 13.3. The molecule has 3 aromatic rings. The Morgan fingerprint density at radius 3 is 2.61 bits per heavy atom. The largest absolute Gasteiger partial charge is 0.467 e. The second-order valence-electron chi connectivity index (χ2n) is 9.92. The van der Waals surface area contributed by atoms with E-state index in [0.29, 0.717) is 18.7 Å². The van der Waals surface area contributed by atoms with Gasteiger partial charge < -0.3 is 30.5 Å². The van der Waals surface area contributed by atoms with E-state index in [4.69, 9.17) is 9.26 Å². The number of nitrogens with zero attached hydrogens (tertiary/aromatic N) is 1. The summed E-state index contributed by atoms with van der Waals surface area (Å²) in [5, 5.41) is 16.2. The number of aryl methyl sites for hydroxylation is 1. The number of benzene rings is 2. The molecule has 0 aliphatic carbocycles. The van der Waals surface area contributed by atoms with Crippen LogP contribution >= 0.6 is 0 Å². The van der Waals surface area contributed by atoms with Crippen LogP contribution < -0.4 is 21.3 Å². The summed E-state index contributed by atoms with van der Waals surface area (Å²) < 4.78 is 9.79. The summed E-state index contributed by atoms with van der Waals surface area (Å²) in [6.45, 7) is 1.75. The van der Waals surface area contributed by atoms with Crippen molar-refractivity contribution in [3.8, 4) is 0 Å². The van der Waals surface area contributed by atoms with Gasteiger partial charge in [0.25, 0.3) is 5.91 Å². The molecular formula is C29H33N5O7. The third-order valence-electron chi connectivity index (χ3n) is 6.95. The first-order chi connectivity index (χ1) is 19.7. The lowest BCUT2D eigenvalue weighted by Crippen LogP contribution is -2.52. The molecular weight excluding hydrogens is 530 g/mol. The molecule has 4 amide bonds. The Balaban J connectivity index is 1.44. The minimum Gasteiger partial charge on any atom is -0.467 e. The summed E-state index contributed by atoms with van der Waals surface area (Å²) in [4.78, 5) is 63.4. The zero-order chi connectivity index (χ0) is 29.4. The molecule has 0 saturated carbocycles. The highest BCUT2D eigenvalue weighted by atomic mass is 16.5. The number of fused-ring (bicyclic) bond motifs is 1. The van der Waals surface area contributed by atoms with E-state index in [2.05, 4.69) is 26.4 Å². The van der Waals surface area contributed by atoms with Gasteiger partial charge in [-0.2, -0.15) is 0 Å². The number of nitrogens with one attached hydrogen (secondary N) is 4. The van der Waals surface area contributed by atoms with Gasteiger partial charge in [0.05, 0.1) is 13.7 Å². The molecule has 1 aliphatic rings. The maximum absolute atomic E-state index is 13.3. The predicted molar refractivity (Wildman–Crippen MR) is 147 cm³/mol. The van der Waals surface area contributed by atoms with Crippen LogP contribution in [0.4, 0.5) is 0 Å². The van der Waals surface area contributed by atoms with Crippen LogP contribution in [0.5, 0.6) is 0 Å². The van der Waals surface area contributed by atoms with Crippen LogP contribution in [0.15, 0.2) is 53.1 Å². The number of aromatic nitrogens is 1. The third-order valence-corrected chi connectivity index (χ3v) is 6.95. The molecule has 1 unspecified atom stereocenters. The average molecular weight is 564 g/mol. The molecule has 2 aromatic carbocycles. The van der Waals surface area contributed by atoms with Crippen LogP contribution in [0.2, 0.25) is 0 Å². The fraction of sp³-hybridized carbons (Fsp3) is 0.379. The maximum Gasteiger partial charge on any atom is 0.328 e. The van der Waals surface area contributed by atoms with Crippen LogP contribution in [0, 0.1) is 12.8 Å². The van der Waals surface area contributed by atoms with E-state index in [1.807, 2.05) is 42.5 Å². The van der Waals surface area contributed by atoms with Crippen molar-refractivity contribution >= 4 is 40.4 Å². The zero-order valence-electron chi connectivity index (χ0n) is 22.9. The van der Waals surface area contributed by atoms with E-state index in [-0.39, 0.29) is 24.4 Å². The minimum atomic E-state index is -1.06.